The van der Waals surface area contributed by atoms with Crippen LogP contribution in [0, 0.1) is 18.3 Å². The Hall–Kier alpha value is -1.99. The molecule has 0 saturated carbocycles. The monoisotopic (exact) mass is 330 g/mol. The van der Waals surface area contributed by atoms with Gasteiger partial charge in [-0.2, -0.15) is 5.26 Å². The molecule has 0 fully saturated rings. The van der Waals surface area contributed by atoms with E-state index in [2.05, 4.69) is 34.2 Å². The molecular formula is C16H15BrN2O. The van der Waals surface area contributed by atoms with Crippen molar-refractivity contribution in [3.8, 4) is 11.8 Å². The fraction of sp³-hybridized carbons (Fsp3) is 0.188. The molecule has 102 valence electrons. The lowest BCUT2D eigenvalue weighted by Crippen LogP contribution is -2.03. The first-order valence-corrected chi connectivity index (χ1v) is 7.07. The van der Waals surface area contributed by atoms with Crippen LogP contribution in [-0.2, 0) is 6.54 Å². The van der Waals surface area contributed by atoms with E-state index in [1.54, 1.807) is 0 Å². The molecule has 0 bridgehead atoms. The Labute approximate surface area is 127 Å². The van der Waals surface area contributed by atoms with Crippen LogP contribution in [0.25, 0.3) is 0 Å². The highest BCUT2D eigenvalue weighted by atomic mass is 79.9. The molecule has 0 aliphatic heterocycles. The van der Waals surface area contributed by atoms with E-state index in [9.17, 15) is 0 Å². The smallest absolute Gasteiger partial charge is 0.174 e. The van der Waals surface area contributed by atoms with Gasteiger partial charge in [0.25, 0.3) is 0 Å². The van der Waals surface area contributed by atoms with Gasteiger partial charge in [-0.1, -0.05) is 40.2 Å². The van der Waals surface area contributed by atoms with Crippen molar-refractivity contribution >= 4 is 21.6 Å². The number of halogens is 1. The van der Waals surface area contributed by atoms with E-state index in [1.165, 1.54) is 5.56 Å². The van der Waals surface area contributed by atoms with Crippen LogP contribution in [0.5, 0.6) is 5.75 Å². The van der Waals surface area contributed by atoms with Gasteiger partial charge in [0.2, 0.25) is 0 Å². The summed E-state index contributed by atoms with van der Waals surface area (Å²) in [6.07, 6.45) is 0. The van der Waals surface area contributed by atoms with Gasteiger partial charge in [-0.25, -0.2) is 0 Å². The summed E-state index contributed by atoms with van der Waals surface area (Å²) in [5, 5.41) is 11.9. The Kier molecular flexibility index (Phi) is 5.03. The van der Waals surface area contributed by atoms with Crippen molar-refractivity contribution in [1.82, 2.24) is 0 Å². The van der Waals surface area contributed by atoms with Crippen LogP contribution in [0.2, 0.25) is 0 Å². The van der Waals surface area contributed by atoms with E-state index < -0.39 is 0 Å². The van der Waals surface area contributed by atoms with Crippen LogP contribution >= 0.6 is 15.9 Å². The Morgan fingerprint density at radius 2 is 2.05 bits per heavy atom. The molecule has 4 heteroatoms. The topological polar surface area (TPSA) is 45.0 Å². The van der Waals surface area contributed by atoms with Gasteiger partial charge in [-0.05, 0) is 30.7 Å². The van der Waals surface area contributed by atoms with Crippen LogP contribution in [0.15, 0.2) is 46.9 Å². The van der Waals surface area contributed by atoms with Gasteiger partial charge in [0.05, 0.1) is 0 Å². The number of benzene rings is 2. The standard InChI is InChI=1S/C16H15BrN2O/c1-12-6-7-14(10-15(12)17)19-11-13-4-2-3-5-16(13)20-9-8-18/h2-7,10,19H,9,11H2,1H3. The summed E-state index contributed by atoms with van der Waals surface area (Å²) in [5.41, 5.74) is 3.27. The van der Waals surface area contributed by atoms with E-state index in [-0.39, 0.29) is 6.61 Å². The minimum atomic E-state index is 0.0626. The summed E-state index contributed by atoms with van der Waals surface area (Å²) in [6.45, 7) is 2.77. The van der Waals surface area contributed by atoms with Gasteiger partial charge in [0, 0.05) is 22.3 Å². The third-order valence-electron chi connectivity index (χ3n) is 2.92. The molecule has 0 aromatic heterocycles. The maximum absolute atomic E-state index is 8.59. The number of hydrogen-bond donors (Lipinski definition) is 1. The Bertz CT molecular complexity index is 635. The summed E-state index contributed by atoms with van der Waals surface area (Å²) in [4.78, 5) is 0. The zero-order valence-electron chi connectivity index (χ0n) is 11.2. The highest BCUT2D eigenvalue weighted by Crippen LogP contribution is 2.23. The van der Waals surface area contributed by atoms with Crippen LogP contribution in [0.4, 0.5) is 5.69 Å². The van der Waals surface area contributed by atoms with Crippen LogP contribution in [0.3, 0.4) is 0 Å². The molecule has 0 unspecified atom stereocenters. The predicted molar refractivity (Wildman–Crippen MR) is 83.8 cm³/mol. The van der Waals surface area contributed by atoms with Crippen molar-refractivity contribution < 1.29 is 4.74 Å². The molecule has 0 radical (unpaired) electrons. The number of nitrogens with one attached hydrogen (secondary N) is 1. The predicted octanol–water partition coefficient (Wildman–Crippen LogP) is 4.27. The van der Waals surface area contributed by atoms with E-state index in [0.29, 0.717) is 6.54 Å². The third kappa shape index (κ3) is 3.75. The Balaban J connectivity index is 2.06. The highest BCUT2D eigenvalue weighted by molar-refractivity contribution is 9.10. The van der Waals surface area contributed by atoms with E-state index in [0.717, 1.165) is 21.5 Å². The number of rotatable bonds is 5. The van der Waals surface area contributed by atoms with Gasteiger partial charge < -0.3 is 10.1 Å². The molecular weight excluding hydrogens is 316 g/mol. The summed E-state index contributed by atoms with van der Waals surface area (Å²) >= 11 is 3.52. The van der Waals surface area contributed by atoms with Crippen LogP contribution in [0.1, 0.15) is 11.1 Å². The van der Waals surface area contributed by atoms with Crippen molar-refractivity contribution in [2.45, 2.75) is 13.5 Å². The number of para-hydroxylation sites is 1. The van der Waals surface area contributed by atoms with Crippen molar-refractivity contribution in [2.75, 3.05) is 11.9 Å². The molecule has 0 spiro atoms. The second-order valence-electron chi connectivity index (χ2n) is 4.37. The first-order chi connectivity index (χ1) is 9.70. The number of anilines is 1. The van der Waals surface area contributed by atoms with E-state index in [1.807, 2.05) is 42.5 Å². The molecule has 2 aromatic carbocycles. The molecule has 3 nitrogen and oxygen atoms in total. The summed E-state index contributed by atoms with van der Waals surface area (Å²) in [6, 6.07) is 15.9. The van der Waals surface area contributed by atoms with Gasteiger partial charge in [0.15, 0.2) is 6.61 Å². The van der Waals surface area contributed by atoms with Crippen molar-refractivity contribution in [3.63, 3.8) is 0 Å². The molecule has 20 heavy (non-hydrogen) atoms. The van der Waals surface area contributed by atoms with Crippen LogP contribution < -0.4 is 10.1 Å². The number of nitrogens with zero attached hydrogens (tertiary/aromatic N) is 1. The summed E-state index contributed by atoms with van der Waals surface area (Å²) < 4.78 is 6.49. The number of aryl methyl sites for hydroxylation is 1. The first-order valence-electron chi connectivity index (χ1n) is 6.28. The average molecular weight is 331 g/mol. The number of nitriles is 1. The molecule has 1 N–H and O–H groups in total. The van der Waals surface area contributed by atoms with Gasteiger partial charge in [0.1, 0.15) is 11.8 Å². The zero-order valence-corrected chi connectivity index (χ0v) is 12.8. The summed E-state index contributed by atoms with van der Waals surface area (Å²) in [5.74, 6) is 0.743. The molecule has 0 saturated heterocycles. The Morgan fingerprint density at radius 1 is 1.25 bits per heavy atom. The fourth-order valence-corrected chi connectivity index (χ4v) is 2.18. The van der Waals surface area contributed by atoms with E-state index >= 15 is 0 Å². The molecule has 0 aliphatic rings. The minimum Gasteiger partial charge on any atom is -0.478 e. The number of ether oxygens (including phenoxy) is 1. The van der Waals surface area contributed by atoms with Crippen molar-refractivity contribution in [1.29, 1.82) is 5.26 Å². The number of hydrogen-bond acceptors (Lipinski definition) is 3. The van der Waals surface area contributed by atoms with Crippen molar-refractivity contribution in [3.05, 3.63) is 58.1 Å². The van der Waals surface area contributed by atoms with Gasteiger partial charge in [-0.15, -0.1) is 0 Å². The third-order valence-corrected chi connectivity index (χ3v) is 3.77. The SMILES string of the molecule is Cc1ccc(NCc2ccccc2OCC#N)cc1Br. The largest absolute Gasteiger partial charge is 0.478 e. The first kappa shape index (κ1) is 14.4. The highest BCUT2D eigenvalue weighted by Gasteiger charge is 2.03. The van der Waals surface area contributed by atoms with Crippen molar-refractivity contribution in [2.24, 2.45) is 0 Å². The lowest BCUT2D eigenvalue weighted by atomic mass is 10.2. The zero-order chi connectivity index (χ0) is 14.4. The van der Waals surface area contributed by atoms with Gasteiger partial charge >= 0.3 is 0 Å². The molecule has 2 aromatic rings. The molecule has 2 rings (SSSR count). The summed E-state index contributed by atoms with van der Waals surface area (Å²) in [7, 11) is 0. The maximum Gasteiger partial charge on any atom is 0.174 e. The average Bonchev–Trinajstić information content (AvgIpc) is 2.47. The molecule has 0 amide bonds. The molecule has 0 atom stereocenters. The van der Waals surface area contributed by atoms with Gasteiger partial charge in [-0.3, -0.25) is 0 Å². The lowest BCUT2D eigenvalue weighted by Gasteiger charge is -2.11. The van der Waals surface area contributed by atoms with E-state index in [4.69, 9.17) is 10.00 Å². The second kappa shape index (κ2) is 6.97. The second-order valence-corrected chi connectivity index (χ2v) is 5.23. The minimum absolute atomic E-state index is 0.0626. The molecule has 0 heterocycles. The fourth-order valence-electron chi connectivity index (χ4n) is 1.80. The Morgan fingerprint density at radius 3 is 2.80 bits per heavy atom. The lowest BCUT2D eigenvalue weighted by molar-refractivity contribution is 0.364. The quantitative estimate of drug-likeness (QED) is 0.890. The maximum atomic E-state index is 8.59. The normalized spacial score (nSPS) is 9.85. The molecule has 0 aliphatic carbocycles. The van der Waals surface area contributed by atoms with Crippen LogP contribution in [-0.4, -0.2) is 6.61 Å².